The molecule has 150 valence electrons. The van der Waals surface area contributed by atoms with Crippen LogP contribution in [0.4, 0.5) is 5.69 Å². The first-order valence-corrected chi connectivity index (χ1v) is 10.2. The molecular weight excluding hydrogens is 342 g/mol. The standard InChI is InChI=1S/C22H33NO4/c1-14(2)25-19-17-13-16(23-5)11-12-18(17)27-22(3,4)20(19)26-21(24)15-9-7-6-8-10-15/h11-15,19-20,23H,6-10H2,1-5H3. The highest BCUT2D eigenvalue weighted by atomic mass is 16.6. The molecule has 0 saturated heterocycles. The summed E-state index contributed by atoms with van der Waals surface area (Å²) >= 11 is 0. The molecule has 1 aromatic rings. The molecule has 0 bridgehead atoms. The number of ether oxygens (including phenoxy) is 3. The molecule has 0 radical (unpaired) electrons. The van der Waals surface area contributed by atoms with Crippen molar-refractivity contribution < 1.29 is 19.0 Å². The van der Waals surface area contributed by atoms with E-state index >= 15 is 0 Å². The minimum absolute atomic E-state index is 0.000658. The lowest BCUT2D eigenvalue weighted by Crippen LogP contribution is -2.52. The molecule has 1 N–H and O–H groups in total. The average Bonchev–Trinajstić information content (AvgIpc) is 2.64. The predicted molar refractivity (Wildman–Crippen MR) is 106 cm³/mol. The Morgan fingerprint density at radius 3 is 2.56 bits per heavy atom. The number of rotatable bonds is 5. The second-order valence-corrected chi connectivity index (χ2v) is 8.51. The van der Waals surface area contributed by atoms with Crippen molar-refractivity contribution in [3.05, 3.63) is 23.8 Å². The van der Waals surface area contributed by atoms with Crippen LogP contribution in [0.5, 0.6) is 5.75 Å². The summed E-state index contributed by atoms with van der Waals surface area (Å²) in [5.74, 6) is 0.677. The second kappa shape index (κ2) is 8.09. The number of nitrogens with one attached hydrogen (secondary N) is 1. The fourth-order valence-electron chi connectivity index (χ4n) is 4.09. The number of hydrogen-bond acceptors (Lipinski definition) is 5. The molecule has 2 atom stereocenters. The minimum Gasteiger partial charge on any atom is -0.483 e. The molecular formula is C22H33NO4. The third kappa shape index (κ3) is 4.40. The SMILES string of the molecule is CNc1ccc2c(c1)C(OC(C)C)C(OC(=O)C1CCCCC1)C(C)(C)O2. The van der Waals surface area contributed by atoms with Crippen molar-refractivity contribution >= 4 is 11.7 Å². The Morgan fingerprint density at radius 1 is 1.22 bits per heavy atom. The van der Waals surface area contributed by atoms with Gasteiger partial charge in [-0.05, 0) is 58.7 Å². The van der Waals surface area contributed by atoms with Crippen LogP contribution in [0.1, 0.15) is 71.5 Å². The predicted octanol–water partition coefficient (Wildman–Crippen LogP) is 4.86. The first-order chi connectivity index (χ1) is 12.8. The molecule has 1 aromatic carbocycles. The van der Waals surface area contributed by atoms with Crippen LogP contribution in [-0.2, 0) is 14.3 Å². The van der Waals surface area contributed by atoms with Gasteiger partial charge >= 0.3 is 5.97 Å². The van der Waals surface area contributed by atoms with E-state index in [0.29, 0.717) is 0 Å². The Balaban J connectivity index is 1.91. The fraction of sp³-hybridized carbons (Fsp3) is 0.682. The Kier molecular flexibility index (Phi) is 5.99. The summed E-state index contributed by atoms with van der Waals surface area (Å²) in [7, 11) is 1.88. The van der Waals surface area contributed by atoms with E-state index in [1.54, 1.807) is 0 Å². The van der Waals surface area contributed by atoms with E-state index < -0.39 is 11.7 Å². The summed E-state index contributed by atoms with van der Waals surface area (Å²) < 4.78 is 18.6. The quantitative estimate of drug-likeness (QED) is 0.745. The molecule has 1 aliphatic carbocycles. The topological polar surface area (TPSA) is 56.8 Å². The lowest BCUT2D eigenvalue weighted by Gasteiger charge is -2.44. The maximum atomic E-state index is 12.9. The van der Waals surface area contributed by atoms with E-state index in [4.69, 9.17) is 14.2 Å². The highest BCUT2D eigenvalue weighted by Crippen LogP contribution is 2.45. The van der Waals surface area contributed by atoms with Crippen molar-refractivity contribution in [2.45, 2.75) is 83.7 Å². The zero-order valence-corrected chi connectivity index (χ0v) is 17.2. The van der Waals surface area contributed by atoms with Gasteiger partial charge in [-0.1, -0.05) is 19.3 Å². The normalized spacial score (nSPS) is 24.8. The number of hydrogen-bond donors (Lipinski definition) is 1. The lowest BCUT2D eigenvalue weighted by atomic mass is 9.86. The van der Waals surface area contributed by atoms with Gasteiger partial charge in [0.05, 0.1) is 12.0 Å². The molecule has 5 nitrogen and oxygen atoms in total. The summed E-state index contributed by atoms with van der Waals surface area (Å²) in [4.78, 5) is 12.9. The third-order valence-electron chi connectivity index (χ3n) is 5.54. The second-order valence-electron chi connectivity index (χ2n) is 8.51. The third-order valence-corrected chi connectivity index (χ3v) is 5.54. The lowest BCUT2D eigenvalue weighted by molar-refractivity contribution is -0.193. The number of carbonyl (C=O) groups is 1. The summed E-state index contributed by atoms with van der Waals surface area (Å²) in [6, 6.07) is 5.97. The summed E-state index contributed by atoms with van der Waals surface area (Å²) in [5, 5.41) is 3.16. The van der Waals surface area contributed by atoms with Gasteiger partial charge in [0.25, 0.3) is 0 Å². The maximum Gasteiger partial charge on any atom is 0.309 e. The molecule has 0 amide bonds. The van der Waals surface area contributed by atoms with E-state index in [0.717, 1.165) is 42.7 Å². The zero-order chi connectivity index (χ0) is 19.6. The zero-order valence-electron chi connectivity index (χ0n) is 17.2. The van der Waals surface area contributed by atoms with Crippen LogP contribution in [0.15, 0.2) is 18.2 Å². The van der Waals surface area contributed by atoms with Crippen LogP contribution in [0.3, 0.4) is 0 Å². The summed E-state index contributed by atoms with van der Waals surface area (Å²) in [6.07, 6.45) is 4.41. The molecule has 27 heavy (non-hydrogen) atoms. The molecule has 0 spiro atoms. The van der Waals surface area contributed by atoms with Gasteiger partial charge in [0.2, 0.25) is 0 Å². The van der Waals surface area contributed by atoms with Crippen molar-refractivity contribution in [3.63, 3.8) is 0 Å². The van der Waals surface area contributed by atoms with Crippen LogP contribution in [-0.4, -0.2) is 30.8 Å². The molecule has 3 rings (SSSR count). The van der Waals surface area contributed by atoms with Crippen molar-refractivity contribution in [3.8, 4) is 5.75 Å². The molecule has 1 aliphatic heterocycles. The minimum atomic E-state index is -0.669. The van der Waals surface area contributed by atoms with Gasteiger partial charge < -0.3 is 19.5 Å². The average molecular weight is 376 g/mol. The molecule has 0 aromatic heterocycles. The van der Waals surface area contributed by atoms with Crippen molar-refractivity contribution in [1.82, 2.24) is 0 Å². The van der Waals surface area contributed by atoms with Gasteiger partial charge in [0.1, 0.15) is 17.5 Å². The van der Waals surface area contributed by atoms with Crippen LogP contribution in [0.25, 0.3) is 0 Å². The van der Waals surface area contributed by atoms with Gasteiger partial charge in [-0.25, -0.2) is 0 Å². The molecule has 5 heteroatoms. The smallest absolute Gasteiger partial charge is 0.309 e. The Morgan fingerprint density at radius 2 is 1.93 bits per heavy atom. The Hall–Kier alpha value is -1.75. The Labute approximate surface area is 162 Å². The molecule has 2 unspecified atom stereocenters. The largest absolute Gasteiger partial charge is 0.483 e. The number of anilines is 1. The van der Waals surface area contributed by atoms with Gasteiger partial charge in [0.15, 0.2) is 6.10 Å². The highest BCUT2D eigenvalue weighted by Gasteiger charge is 2.48. The summed E-state index contributed by atoms with van der Waals surface area (Å²) in [5.41, 5.74) is 1.24. The van der Waals surface area contributed by atoms with Gasteiger partial charge in [0, 0.05) is 18.3 Å². The molecule has 2 aliphatic rings. The summed E-state index contributed by atoms with van der Waals surface area (Å²) in [6.45, 7) is 7.95. The number of esters is 1. The molecule has 1 heterocycles. The number of benzene rings is 1. The monoisotopic (exact) mass is 375 g/mol. The highest BCUT2D eigenvalue weighted by molar-refractivity contribution is 5.73. The number of fused-ring (bicyclic) bond motifs is 1. The maximum absolute atomic E-state index is 12.9. The van der Waals surface area contributed by atoms with Crippen molar-refractivity contribution in [1.29, 1.82) is 0 Å². The van der Waals surface area contributed by atoms with E-state index in [1.165, 1.54) is 6.42 Å². The van der Waals surface area contributed by atoms with E-state index in [-0.39, 0.29) is 24.1 Å². The van der Waals surface area contributed by atoms with Gasteiger partial charge in [-0.2, -0.15) is 0 Å². The van der Waals surface area contributed by atoms with E-state index in [1.807, 2.05) is 52.9 Å². The Bertz CT molecular complexity index is 664. The van der Waals surface area contributed by atoms with Crippen LogP contribution >= 0.6 is 0 Å². The molecule has 1 fully saturated rings. The molecule has 1 saturated carbocycles. The van der Waals surface area contributed by atoms with Crippen LogP contribution < -0.4 is 10.1 Å². The van der Waals surface area contributed by atoms with Crippen LogP contribution in [0, 0.1) is 5.92 Å². The van der Waals surface area contributed by atoms with Gasteiger partial charge in [-0.3, -0.25) is 4.79 Å². The fourth-order valence-corrected chi connectivity index (χ4v) is 4.09. The number of carbonyl (C=O) groups excluding carboxylic acids is 1. The first kappa shape index (κ1) is 20.0. The van der Waals surface area contributed by atoms with Gasteiger partial charge in [-0.15, -0.1) is 0 Å². The van der Waals surface area contributed by atoms with E-state index in [2.05, 4.69) is 5.32 Å². The van der Waals surface area contributed by atoms with Crippen molar-refractivity contribution in [2.75, 3.05) is 12.4 Å². The first-order valence-electron chi connectivity index (χ1n) is 10.2. The van der Waals surface area contributed by atoms with Crippen molar-refractivity contribution in [2.24, 2.45) is 5.92 Å². The van der Waals surface area contributed by atoms with Crippen LogP contribution in [0.2, 0.25) is 0 Å². The van der Waals surface area contributed by atoms with E-state index in [9.17, 15) is 4.79 Å².